The Hall–Kier alpha value is -0.0800. The molecule has 0 aliphatic carbocycles. The summed E-state index contributed by atoms with van der Waals surface area (Å²) in [5.41, 5.74) is 0.434. The molecule has 1 fully saturated rings. The van der Waals surface area contributed by atoms with Gasteiger partial charge in [-0.1, -0.05) is 34.6 Å². The van der Waals surface area contributed by atoms with Gasteiger partial charge >= 0.3 is 0 Å². The molecule has 1 heterocycles. The summed E-state index contributed by atoms with van der Waals surface area (Å²) in [6.07, 6.45) is 0. The predicted octanol–water partition coefficient (Wildman–Crippen LogP) is 2.55. The van der Waals surface area contributed by atoms with Crippen molar-refractivity contribution >= 4 is 0 Å². The molecule has 0 aromatic rings. The molecule has 0 amide bonds. The SMILES string of the molecule is CC.CC1CN(C)CC(C)(C)CN(C)C1. The Balaban J connectivity index is 0.000000921. The second kappa shape index (κ2) is 6.49. The average molecular weight is 214 g/mol. The van der Waals surface area contributed by atoms with E-state index in [4.69, 9.17) is 0 Å². The van der Waals surface area contributed by atoms with E-state index in [9.17, 15) is 0 Å². The van der Waals surface area contributed by atoms with E-state index in [1.54, 1.807) is 0 Å². The molecule has 92 valence electrons. The predicted molar refractivity (Wildman–Crippen MR) is 69.3 cm³/mol. The molecule has 1 aliphatic heterocycles. The normalized spacial score (nSPS) is 25.0. The summed E-state index contributed by atoms with van der Waals surface area (Å²) in [7, 11) is 4.48. The van der Waals surface area contributed by atoms with Crippen molar-refractivity contribution in [1.29, 1.82) is 0 Å². The largest absolute Gasteiger partial charge is 0.305 e. The average Bonchev–Trinajstić information content (AvgIpc) is 2.01. The van der Waals surface area contributed by atoms with Gasteiger partial charge < -0.3 is 9.80 Å². The lowest BCUT2D eigenvalue weighted by Gasteiger charge is -2.39. The van der Waals surface area contributed by atoms with Crippen LogP contribution < -0.4 is 0 Å². The first kappa shape index (κ1) is 14.9. The Morgan fingerprint density at radius 3 is 1.60 bits per heavy atom. The Morgan fingerprint density at radius 1 is 0.933 bits per heavy atom. The van der Waals surface area contributed by atoms with Crippen molar-refractivity contribution < 1.29 is 0 Å². The third-order valence-corrected chi connectivity index (χ3v) is 2.64. The molecule has 1 rings (SSSR count). The number of hydrogen-bond donors (Lipinski definition) is 0. The van der Waals surface area contributed by atoms with Gasteiger partial charge in [-0.2, -0.15) is 0 Å². The van der Waals surface area contributed by atoms with Crippen LogP contribution in [0.5, 0.6) is 0 Å². The minimum atomic E-state index is 0.434. The number of hydrogen-bond acceptors (Lipinski definition) is 2. The Morgan fingerprint density at radius 2 is 1.27 bits per heavy atom. The maximum atomic E-state index is 2.47. The molecule has 0 radical (unpaired) electrons. The van der Waals surface area contributed by atoms with Crippen LogP contribution in [0.25, 0.3) is 0 Å². The van der Waals surface area contributed by atoms with Gasteiger partial charge in [0.1, 0.15) is 0 Å². The molecule has 2 heteroatoms. The van der Waals surface area contributed by atoms with E-state index in [1.165, 1.54) is 26.2 Å². The highest BCUT2D eigenvalue weighted by molar-refractivity contribution is 4.80. The first-order valence-electron chi connectivity index (χ1n) is 6.26. The third kappa shape index (κ3) is 6.16. The van der Waals surface area contributed by atoms with E-state index in [0.717, 1.165) is 5.92 Å². The quantitative estimate of drug-likeness (QED) is 0.611. The fraction of sp³-hybridized carbons (Fsp3) is 1.00. The molecule has 2 nitrogen and oxygen atoms in total. The van der Waals surface area contributed by atoms with E-state index in [-0.39, 0.29) is 0 Å². The van der Waals surface area contributed by atoms with Gasteiger partial charge in [-0.25, -0.2) is 0 Å². The minimum absolute atomic E-state index is 0.434. The number of nitrogens with zero attached hydrogens (tertiary/aromatic N) is 2. The molecule has 0 atom stereocenters. The van der Waals surface area contributed by atoms with Crippen LogP contribution in [0, 0.1) is 11.3 Å². The van der Waals surface area contributed by atoms with E-state index >= 15 is 0 Å². The van der Waals surface area contributed by atoms with Crippen molar-refractivity contribution in [3.63, 3.8) is 0 Å². The fourth-order valence-corrected chi connectivity index (χ4v) is 2.76. The van der Waals surface area contributed by atoms with Crippen molar-refractivity contribution in [2.75, 3.05) is 40.3 Å². The summed E-state index contributed by atoms with van der Waals surface area (Å²) in [6.45, 7) is 15.9. The second-order valence-electron chi connectivity index (χ2n) is 5.66. The first-order valence-corrected chi connectivity index (χ1v) is 6.26. The lowest BCUT2D eigenvalue weighted by molar-refractivity contribution is 0.0959. The molecule has 0 aromatic carbocycles. The molecule has 0 bridgehead atoms. The molecule has 0 saturated carbocycles. The summed E-state index contributed by atoms with van der Waals surface area (Å²) < 4.78 is 0. The molecule has 1 aliphatic rings. The summed E-state index contributed by atoms with van der Waals surface area (Å²) in [6, 6.07) is 0. The van der Waals surface area contributed by atoms with Crippen LogP contribution in [0.1, 0.15) is 34.6 Å². The van der Waals surface area contributed by atoms with Crippen LogP contribution in [0.3, 0.4) is 0 Å². The van der Waals surface area contributed by atoms with Crippen LogP contribution in [-0.4, -0.2) is 50.1 Å². The zero-order valence-corrected chi connectivity index (χ0v) is 11.8. The van der Waals surface area contributed by atoms with Crippen molar-refractivity contribution in [3.8, 4) is 0 Å². The van der Waals surface area contributed by atoms with Gasteiger partial charge in [-0.05, 0) is 25.4 Å². The molecule has 0 unspecified atom stereocenters. The summed E-state index contributed by atoms with van der Waals surface area (Å²) in [5.74, 6) is 0.797. The van der Waals surface area contributed by atoms with E-state index in [1.807, 2.05) is 13.8 Å². The monoisotopic (exact) mass is 214 g/mol. The number of rotatable bonds is 0. The Kier molecular flexibility index (Phi) is 6.46. The molecule has 0 aromatic heterocycles. The molecular weight excluding hydrogens is 184 g/mol. The maximum absolute atomic E-state index is 2.47. The highest BCUT2D eigenvalue weighted by Gasteiger charge is 2.26. The van der Waals surface area contributed by atoms with Gasteiger partial charge in [-0.15, -0.1) is 0 Å². The summed E-state index contributed by atoms with van der Waals surface area (Å²) in [4.78, 5) is 4.94. The second-order valence-corrected chi connectivity index (χ2v) is 5.66. The van der Waals surface area contributed by atoms with E-state index in [0.29, 0.717) is 5.41 Å². The molecular formula is C13H30N2. The highest BCUT2D eigenvalue weighted by Crippen LogP contribution is 2.21. The van der Waals surface area contributed by atoms with Gasteiger partial charge in [-0.3, -0.25) is 0 Å². The summed E-state index contributed by atoms with van der Waals surface area (Å²) >= 11 is 0. The molecule has 15 heavy (non-hydrogen) atoms. The molecule has 1 saturated heterocycles. The van der Waals surface area contributed by atoms with Crippen molar-refractivity contribution in [2.24, 2.45) is 11.3 Å². The summed E-state index contributed by atoms with van der Waals surface area (Å²) in [5, 5.41) is 0. The maximum Gasteiger partial charge on any atom is 0.00420 e. The fourth-order valence-electron chi connectivity index (χ4n) is 2.76. The Labute approximate surface area is 96.6 Å². The van der Waals surface area contributed by atoms with Crippen LogP contribution in [0.4, 0.5) is 0 Å². The standard InChI is InChI=1S/C11H24N2.C2H6/c1-10-6-12(4)8-11(2,3)9-13(5)7-10;1-2/h10H,6-9H2,1-5H3;1-2H3. The van der Waals surface area contributed by atoms with Crippen molar-refractivity contribution in [1.82, 2.24) is 9.80 Å². The van der Waals surface area contributed by atoms with Gasteiger partial charge in [0.25, 0.3) is 0 Å². The highest BCUT2D eigenvalue weighted by atomic mass is 15.2. The van der Waals surface area contributed by atoms with Crippen LogP contribution in [-0.2, 0) is 0 Å². The molecule has 0 spiro atoms. The van der Waals surface area contributed by atoms with Gasteiger partial charge in [0.15, 0.2) is 0 Å². The Bertz CT molecular complexity index is 150. The van der Waals surface area contributed by atoms with E-state index in [2.05, 4.69) is 44.7 Å². The van der Waals surface area contributed by atoms with Crippen LogP contribution in [0.15, 0.2) is 0 Å². The third-order valence-electron chi connectivity index (χ3n) is 2.64. The van der Waals surface area contributed by atoms with Gasteiger partial charge in [0.05, 0.1) is 0 Å². The van der Waals surface area contributed by atoms with Gasteiger partial charge in [0.2, 0.25) is 0 Å². The van der Waals surface area contributed by atoms with Crippen molar-refractivity contribution in [2.45, 2.75) is 34.6 Å². The van der Waals surface area contributed by atoms with Crippen molar-refractivity contribution in [3.05, 3.63) is 0 Å². The lowest BCUT2D eigenvalue weighted by Crippen LogP contribution is -2.46. The minimum Gasteiger partial charge on any atom is -0.305 e. The zero-order chi connectivity index (χ0) is 12.1. The lowest BCUT2D eigenvalue weighted by atomic mass is 9.90. The van der Waals surface area contributed by atoms with E-state index < -0.39 is 0 Å². The topological polar surface area (TPSA) is 6.48 Å². The van der Waals surface area contributed by atoms with Gasteiger partial charge in [0, 0.05) is 26.2 Å². The smallest absolute Gasteiger partial charge is 0.00420 e. The molecule has 0 N–H and O–H groups in total. The first-order chi connectivity index (χ1) is 6.89. The van der Waals surface area contributed by atoms with Crippen LogP contribution >= 0.6 is 0 Å². The van der Waals surface area contributed by atoms with Crippen LogP contribution in [0.2, 0.25) is 0 Å². The zero-order valence-electron chi connectivity index (χ0n) is 11.8.